The van der Waals surface area contributed by atoms with Gasteiger partial charge in [0.1, 0.15) is 23.1 Å². The molecule has 0 aliphatic heterocycles. The molecule has 4 aromatic carbocycles. The van der Waals surface area contributed by atoms with E-state index in [2.05, 4.69) is 10.6 Å². The van der Waals surface area contributed by atoms with Crippen molar-refractivity contribution in [2.75, 3.05) is 27.8 Å². The van der Waals surface area contributed by atoms with Gasteiger partial charge in [-0.1, -0.05) is 30.3 Å². The highest BCUT2D eigenvalue weighted by molar-refractivity contribution is 5.96. The van der Waals surface area contributed by atoms with Crippen LogP contribution in [-0.4, -0.2) is 45.7 Å². The van der Waals surface area contributed by atoms with Crippen molar-refractivity contribution in [3.05, 3.63) is 102 Å². The molecule has 0 aromatic heterocycles. The smallest absolute Gasteiger partial charge is 0.251 e. The highest BCUT2D eigenvalue weighted by Gasteiger charge is 2.27. The maximum absolute atomic E-state index is 14.2. The fourth-order valence-electron chi connectivity index (χ4n) is 5.89. The summed E-state index contributed by atoms with van der Waals surface area (Å²) in [5, 5.41) is 5.77. The lowest BCUT2D eigenvalue weighted by Gasteiger charge is -2.28. The van der Waals surface area contributed by atoms with Gasteiger partial charge in [0.15, 0.2) is 0 Å². The summed E-state index contributed by atoms with van der Waals surface area (Å²) in [6.45, 7) is 0.380. The lowest BCUT2D eigenvalue weighted by molar-refractivity contribution is -0.125. The summed E-state index contributed by atoms with van der Waals surface area (Å²) in [6.07, 6.45) is 3.72. The number of carbonyl (C=O) groups is 2. The molecule has 1 fully saturated rings. The molecule has 0 spiro atoms. The average Bonchev–Trinajstić information content (AvgIpc) is 3.08. The molecule has 0 unspecified atom stereocenters. The van der Waals surface area contributed by atoms with Crippen molar-refractivity contribution >= 4 is 11.8 Å². The summed E-state index contributed by atoms with van der Waals surface area (Å²) >= 11 is 0. The summed E-state index contributed by atoms with van der Waals surface area (Å²) in [4.78, 5) is 25.2. The maximum atomic E-state index is 14.2. The first-order valence-corrected chi connectivity index (χ1v) is 15.3. The molecule has 0 atom stereocenters. The van der Waals surface area contributed by atoms with Crippen LogP contribution < -0.4 is 24.8 Å². The van der Waals surface area contributed by atoms with Gasteiger partial charge in [0.05, 0.1) is 20.3 Å². The number of benzene rings is 4. The van der Waals surface area contributed by atoms with Crippen LogP contribution in [0.2, 0.25) is 0 Å². The van der Waals surface area contributed by atoms with Crippen LogP contribution in [-0.2, 0) is 11.2 Å². The molecule has 0 heterocycles. The van der Waals surface area contributed by atoms with Gasteiger partial charge in [0.25, 0.3) is 5.91 Å². The number of carbonyl (C=O) groups excluding carboxylic acids is 2. The van der Waals surface area contributed by atoms with E-state index in [1.165, 1.54) is 12.1 Å². The van der Waals surface area contributed by atoms with E-state index in [9.17, 15) is 14.0 Å². The molecule has 2 amide bonds. The molecule has 1 aliphatic rings. The molecule has 0 bridgehead atoms. The summed E-state index contributed by atoms with van der Waals surface area (Å²) in [5.41, 5.74) is 4.73. The van der Waals surface area contributed by atoms with Crippen LogP contribution in [0.1, 0.15) is 41.6 Å². The third-order valence-corrected chi connectivity index (χ3v) is 8.33. The second kappa shape index (κ2) is 14.8. The van der Waals surface area contributed by atoms with Crippen LogP contribution >= 0.6 is 0 Å². The second-order valence-electron chi connectivity index (χ2n) is 11.2. The zero-order chi connectivity index (χ0) is 31.8. The van der Waals surface area contributed by atoms with Crippen molar-refractivity contribution in [3.8, 4) is 39.5 Å². The summed E-state index contributed by atoms with van der Waals surface area (Å²) < 4.78 is 31.5. The molecule has 7 nitrogen and oxygen atoms in total. The Hall–Kier alpha value is -4.85. The Labute approximate surface area is 263 Å². The number of halogens is 1. The zero-order valence-electron chi connectivity index (χ0n) is 25.9. The largest absolute Gasteiger partial charge is 0.497 e. The van der Waals surface area contributed by atoms with Crippen molar-refractivity contribution in [2.45, 2.75) is 38.2 Å². The van der Waals surface area contributed by atoms with Crippen molar-refractivity contribution in [1.82, 2.24) is 10.6 Å². The summed E-state index contributed by atoms with van der Waals surface area (Å²) in [7, 11) is 4.88. The molecule has 8 heteroatoms. The predicted molar refractivity (Wildman–Crippen MR) is 173 cm³/mol. The minimum Gasteiger partial charge on any atom is -0.497 e. The van der Waals surface area contributed by atoms with Crippen molar-refractivity contribution in [1.29, 1.82) is 0 Å². The Morgan fingerprint density at radius 1 is 0.800 bits per heavy atom. The van der Waals surface area contributed by atoms with Gasteiger partial charge in [-0.15, -0.1) is 0 Å². The molecule has 1 saturated carbocycles. The van der Waals surface area contributed by atoms with Gasteiger partial charge in [-0.2, -0.15) is 0 Å². The number of hydrogen-bond donors (Lipinski definition) is 2. The number of ether oxygens (including phenoxy) is 3. The standard InChI is InChI=1S/C37H39FN2O5/c1-39-36(41)25-11-14-30(15-12-25)45-32-16-10-24(33(23-32)26-6-4-8-29(38)20-26)18-19-40-37(42)28-13-17-35(44-3)34(22-28)27-7-5-9-31(21-27)43-2/h4-10,13,16-17,20-23,25,30H,11-12,14-15,18-19H2,1-3H3,(H,39,41)(H,40,42). The number of amides is 2. The molecular weight excluding hydrogens is 571 g/mol. The highest BCUT2D eigenvalue weighted by Crippen LogP contribution is 2.34. The minimum absolute atomic E-state index is 0.0164. The van der Waals surface area contributed by atoms with Crippen LogP contribution in [0.5, 0.6) is 17.2 Å². The Kier molecular flexibility index (Phi) is 10.3. The average molecular weight is 611 g/mol. The van der Waals surface area contributed by atoms with E-state index >= 15 is 0 Å². The van der Waals surface area contributed by atoms with Crippen molar-refractivity contribution < 1.29 is 28.2 Å². The van der Waals surface area contributed by atoms with Gasteiger partial charge in [-0.25, -0.2) is 4.39 Å². The molecule has 5 rings (SSSR count). The van der Waals surface area contributed by atoms with E-state index in [0.29, 0.717) is 35.8 Å². The maximum Gasteiger partial charge on any atom is 0.251 e. The Balaban J connectivity index is 1.29. The number of hydrogen-bond acceptors (Lipinski definition) is 5. The first-order valence-electron chi connectivity index (χ1n) is 15.3. The van der Waals surface area contributed by atoms with Crippen molar-refractivity contribution in [2.24, 2.45) is 5.92 Å². The fourth-order valence-corrected chi connectivity index (χ4v) is 5.89. The predicted octanol–water partition coefficient (Wildman–Crippen LogP) is 6.83. The number of methoxy groups -OCH3 is 2. The van der Waals surface area contributed by atoms with Gasteiger partial charge >= 0.3 is 0 Å². The molecule has 234 valence electrons. The molecule has 1 aliphatic carbocycles. The third kappa shape index (κ3) is 7.81. The van der Waals surface area contributed by atoms with Crippen LogP contribution in [0.4, 0.5) is 4.39 Å². The summed E-state index contributed by atoms with van der Waals surface area (Å²) in [6, 6.07) is 25.3. The molecule has 2 N–H and O–H groups in total. The van der Waals surface area contributed by atoms with Crippen LogP contribution in [0, 0.1) is 11.7 Å². The van der Waals surface area contributed by atoms with E-state index < -0.39 is 0 Å². The highest BCUT2D eigenvalue weighted by atomic mass is 19.1. The minimum atomic E-state index is -0.322. The number of rotatable bonds is 11. The van der Waals surface area contributed by atoms with Gasteiger partial charge in [0.2, 0.25) is 5.91 Å². The zero-order valence-corrected chi connectivity index (χ0v) is 25.9. The van der Waals surface area contributed by atoms with E-state index in [4.69, 9.17) is 14.2 Å². The third-order valence-electron chi connectivity index (χ3n) is 8.33. The first kappa shape index (κ1) is 31.6. The normalized spacial score (nSPS) is 16.0. The fraction of sp³-hybridized carbons (Fsp3) is 0.297. The van der Waals surface area contributed by atoms with Gasteiger partial charge in [0, 0.05) is 30.6 Å². The Morgan fingerprint density at radius 3 is 2.27 bits per heavy atom. The van der Waals surface area contributed by atoms with Gasteiger partial charge < -0.3 is 24.8 Å². The number of nitrogens with one attached hydrogen (secondary N) is 2. The van der Waals surface area contributed by atoms with E-state index in [-0.39, 0.29) is 29.7 Å². The van der Waals surface area contributed by atoms with E-state index in [1.807, 2.05) is 54.6 Å². The lowest BCUT2D eigenvalue weighted by Crippen LogP contribution is -2.33. The topological polar surface area (TPSA) is 85.9 Å². The summed E-state index contributed by atoms with van der Waals surface area (Å²) in [5.74, 6) is 1.65. The monoisotopic (exact) mass is 610 g/mol. The van der Waals surface area contributed by atoms with Gasteiger partial charge in [-0.3, -0.25) is 9.59 Å². The van der Waals surface area contributed by atoms with E-state index in [0.717, 1.165) is 53.5 Å². The van der Waals surface area contributed by atoms with Crippen LogP contribution in [0.25, 0.3) is 22.3 Å². The van der Waals surface area contributed by atoms with E-state index in [1.54, 1.807) is 39.5 Å². The SMILES string of the molecule is CNC(=O)C1CCC(Oc2ccc(CCNC(=O)c3ccc(OC)c(-c4cccc(OC)c4)c3)c(-c3cccc(F)c3)c2)CC1. The Morgan fingerprint density at radius 2 is 1.56 bits per heavy atom. The lowest BCUT2D eigenvalue weighted by atomic mass is 9.87. The molecule has 0 saturated heterocycles. The molecule has 0 radical (unpaired) electrons. The molecule has 4 aromatic rings. The van der Waals surface area contributed by atoms with Crippen LogP contribution in [0.15, 0.2) is 84.9 Å². The second-order valence-corrected chi connectivity index (χ2v) is 11.2. The molecular formula is C37H39FN2O5. The molecule has 45 heavy (non-hydrogen) atoms. The Bertz CT molecular complexity index is 1650. The van der Waals surface area contributed by atoms with Gasteiger partial charge in [-0.05, 0) is 109 Å². The van der Waals surface area contributed by atoms with Crippen molar-refractivity contribution in [3.63, 3.8) is 0 Å². The first-order chi connectivity index (χ1) is 21.9. The van der Waals surface area contributed by atoms with Crippen LogP contribution in [0.3, 0.4) is 0 Å². The quantitative estimate of drug-likeness (QED) is 0.194.